The van der Waals surface area contributed by atoms with E-state index in [-0.39, 0.29) is 17.8 Å². The summed E-state index contributed by atoms with van der Waals surface area (Å²) >= 11 is 0. The number of hydrogen-bond acceptors (Lipinski definition) is 3. The molecule has 1 aliphatic heterocycles. The summed E-state index contributed by atoms with van der Waals surface area (Å²) in [5, 5.41) is 12.4. The van der Waals surface area contributed by atoms with E-state index in [0.29, 0.717) is 17.7 Å². The summed E-state index contributed by atoms with van der Waals surface area (Å²) in [7, 11) is 0. The first kappa shape index (κ1) is 13.9. The fraction of sp³-hybridized carbons (Fsp3) is 0.533. The van der Waals surface area contributed by atoms with Crippen LogP contribution in [0, 0.1) is 6.92 Å². The minimum atomic E-state index is -0.0251. The summed E-state index contributed by atoms with van der Waals surface area (Å²) in [4.78, 5) is 11.9. The monoisotopic (exact) mass is 263 g/mol. The lowest BCUT2D eigenvalue weighted by molar-refractivity contribution is -0.117. The van der Waals surface area contributed by atoms with Gasteiger partial charge in [-0.05, 0) is 44.7 Å². The standard InChI is InChI=1S/C15H21NO3/c1-11-13(6-4-7-14(11)17)16-15(18)9-8-12-5-2-3-10-19-12/h4,6-7,12,17H,2-3,5,8-10H2,1H3,(H,16,18). The van der Waals surface area contributed by atoms with Gasteiger partial charge in [0, 0.05) is 24.3 Å². The molecule has 1 saturated heterocycles. The number of rotatable bonds is 4. The number of carbonyl (C=O) groups excluding carboxylic acids is 1. The Morgan fingerprint density at radius 3 is 3.05 bits per heavy atom. The first-order chi connectivity index (χ1) is 9.16. The van der Waals surface area contributed by atoms with E-state index in [0.717, 1.165) is 25.9 Å². The van der Waals surface area contributed by atoms with E-state index in [4.69, 9.17) is 4.74 Å². The van der Waals surface area contributed by atoms with E-state index in [1.165, 1.54) is 6.42 Å². The Kier molecular flexibility index (Phi) is 4.80. The van der Waals surface area contributed by atoms with Crippen LogP contribution in [0.15, 0.2) is 18.2 Å². The van der Waals surface area contributed by atoms with Crippen LogP contribution in [0.1, 0.15) is 37.7 Å². The molecule has 104 valence electrons. The molecule has 4 heteroatoms. The molecule has 0 saturated carbocycles. The van der Waals surface area contributed by atoms with Crippen LogP contribution >= 0.6 is 0 Å². The highest BCUT2D eigenvalue weighted by Gasteiger charge is 2.15. The molecule has 1 unspecified atom stereocenters. The Morgan fingerprint density at radius 1 is 1.47 bits per heavy atom. The highest BCUT2D eigenvalue weighted by atomic mass is 16.5. The van der Waals surface area contributed by atoms with E-state index in [9.17, 15) is 9.90 Å². The average molecular weight is 263 g/mol. The SMILES string of the molecule is Cc1c(O)cccc1NC(=O)CCC1CCCCO1. The number of nitrogens with one attached hydrogen (secondary N) is 1. The second-order valence-corrected chi connectivity index (χ2v) is 5.03. The minimum absolute atomic E-state index is 0.0251. The highest BCUT2D eigenvalue weighted by Crippen LogP contribution is 2.24. The van der Waals surface area contributed by atoms with Gasteiger partial charge in [-0.3, -0.25) is 4.79 Å². The van der Waals surface area contributed by atoms with Crippen molar-refractivity contribution in [1.82, 2.24) is 0 Å². The van der Waals surface area contributed by atoms with E-state index in [2.05, 4.69) is 5.32 Å². The fourth-order valence-electron chi connectivity index (χ4n) is 2.30. The van der Waals surface area contributed by atoms with Crippen LogP contribution in [0.25, 0.3) is 0 Å². The Labute approximate surface area is 113 Å². The van der Waals surface area contributed by atoms with Crippen LogP contribution in [0.5, 0.6) is 5.75 Å². The van der Waals surface area contributed by atoms with Crippen molar-refractivity contribution in [3.63, 3.8) is 0 Å². The van der Waals surface area contributed by atoms with Crippen molar-refractivity contribution in [3.8, 4) is 5.75 Å². The van der Waals surface area contributed by atoms with Crippen LogP contribution in [0.4, 0.5) is 5.69 Å². The predicted molar refractivity (Wildman–Crippen MR) is 74.3 cm³/mol. The number of carbonyl (C=O) groups is 1. The van der Waals surface area contributed by atoms with Crippen LogP contribution in [0.2, 0.25) is 0 Å². The molecule has 2 rings (SSSR count). The lowest BCUT2D eigenvalue weighted by atomic mass is 10.0. The quantitative estimate of drug-likeness (QED) is 0.878. The van der Waals surface area contributed by atoms with Gasteiger partial charge in [0.2, 0.25) is 5.91 Å². The summed E-state index contributed by atoms with van der Waals surface area (Å²) in [6.07, 6.45) is 4.83. The van der Waals surface area contributed by atoms with Gasteiger partial charge in [0.15, 0.2) is 0 Å². The molecule has 1 amide bonds. The third kappa shape index (κ3) is 3.96. The van der Waals surface area contributed by atoms with Gasteiger partial charge in [-0.15, -0.1) is 0 Å². The van der Waals surface area contributed by atoms with Crippen LogP contribution in [0.3, 0.4) is 0 Å². The number of aromatic hydroxyl groups is 1. The summed E-state index contributed by atoms with van der Waals surface area (Å²) in [5.41, 5.74) is 1.37. The first-order valence-electron chi connectivity index (χ1n) is 6.87. The summed E-state index contributed by atoms with van der Waals surface area (Å²) in [5.74, 6) is 0.177. The molecular weight excluding hydrogens is 242 g/mol. The van der Waals surface area contributed by atoms with Gasteiger partial charge >= 0.3 is 0 Å². The van der Waals surface area contributed by atoms with Gasteiger partial charge in [-0.25, -0.2) is 0 Å². The normalized spacial score (nSPS) is 19.1. The molecule has 1 aromatic rings. The molecule has 1 aliphatic rings. The van der Waals surface area contributed by atoms with Gasteiger partial charge in [0.25, 0.3) is 0 Å². The molecule has 1 heterocycles. The topological polar surface area (TPSA) is 58.6 Å². The first-order valence-corrected chi connectivity index (χ1v) is 6.87. The largest absolute Gasteiger partial charge is 0.508 e. The maximum Gasteiger partial charge on any atom is 0.224 e. The number of ether oxygens (including phenoxy) is 1. The maximum absolute atomic E-state index is 11.9. The van der Waals surface area contributed by atoms with Crippen molar-refractivity contribution >= 4 is 11.6 Å². The lowest BCUT2D eigenvalue weighted by Gasteiger charge is -2.22. The second-order valence-electron chi connectivity index (χ2n) is 5.03. The van der Waals surface area contributed by atoms with Crippen molar-refractivity contribution in [1.29, 1.82) is 0 Å². The average Bonchev–Trinajstić information content (AvgIpc) is 2.43. The number of phenolic OH excluding ortho intramolecular Hbond substituents is 1. The number of amides is 1. The summed E-state index contributed by atoms with van der Waals surface area (Å²) in [6.45, 7) is 2.60. The molecule has 1 atom stereocenters. The third-order valence-corrected chi connectivity index (χ3v) is 3.55. The molecule has 0 bridgehead atoms. The van der Waals surface area contributed by atoms with Gasteiger partial charge in [-0.1, -0.05) is 6.07 Å². The van der Waals surface area contributed by atoms with Crippen LogP contribution < -0.4 is 5.32 Å². The smallest absolute Gasteiger partial charge is 0.224 e. The van der Waals surface area contributed by atoms with Crippen molar-refractivity contribution in [2.45, 2.75) is 45.1 Å². The minimum Gasteiger partial charge on any atom is -0.508 e. The Morgan fingerprint density at radius 2 is 2.32 bits per heavy atom. The number of phenols is 1. The van der Waals surface area contributed by atoms with Gasteiger partial charge in [0.1, 0.15) is 5.75 Å². The zero-order valence-electron chi connectivity index (χ0n) is 11.3. The number of anilines is 1. The molecule has 0 aliphatic carbocycles. The van der Waals surface area contributed by atoms with E-state index < -0.39 is 0 Å². The summed E-state index contributed by atoms with van der Waals surface area (Å²) < 4.78 is 5.60. The molecule has 0 radical (unpaired) electrons. The van der Waals surface area contributed by atoms with Gasteiger partial charge < -0.3 is 15.2 Å². The zero-order chi connectivity index (χ0) is 13.7. The third-order valence-electron chi connectivity index (χ3n) is 3.55. The molecule has 1 aromatic carbocycles. The van der Waals surface area contributed by atoms with Crippen molar-refractivity contribution in [2.75, 3.05) is 11.9 Å². The fourth-order valence-corrected chi connectivity index (χ4v) is 2.30. The molecule has 4 nitrogen and oxygen atoms in total. The molecule has 0 aromatic heterocycles. The van der Waals surface area contributed by atoms with Gasteiger partial charge in [-0.2, -0.15) is 0 Å². The van der Waals surface area contributed by atoms with Crippen molar-refractivity contribution < 1.29 is 14.6 Å². The number of benzene rings is 1. The Bertz CT molecular complexity index is 439. The Balaban J connectivity index is 1.82. The zero-order valence-corrected chi connectivity index (χ0v) is 11.3. The van der Waals surface area contributed by atoms with E-state index in [1.54, 1.807) is 25.1 Å². The van der Waals surface area contributed by atoms with Crippen LogP contribution in [-0.4, -0.2) is 23.7 Å². The molecule has 2 N–H and O–H groups in total. The molecule has 0 spiro atoms. The number of hydrogen-bond donors (Lipinski definition) is 2. The molecule has 19 heavy (non-hydrogen) atoms. The van der Waals surface area contributed by atoms with E-state index >= 15 is 0 Å². The Hall–Kier alpha value is -1.55. The van der Waals surface area contributed by atoms with Crippen molar-refractivity contribution in [3.05, 3.63) is 23.8 Å². The van der Waals surface area contributed by atoms with E-state index in [1.807, 2.05) is 0 Å². The molecular formula is C15H21NO3. The summed E-state index contributed by atoms with van der Waals surface area (Å²) in [6, 6.07) is 5.13. The maximum atomic E-state index is 11.9. The second kappa shape index (κ2) is 6.57. The highest BCUT2D eigenvalue weighted by molar-refractivity contribution is 5.91. The van der Waals surface area contributed by atoms with Crippen LogP contribution in [-0.2, 0) is 9.53 Å². The lowest BCUT2D eigenvalue weighted by Crippen LogP contribution is -2.21. The van der Waals surface area contributed by atoms with Gasteiger partial charge in [0.05, 0.1) is 6.10 Å². The van der Waals surface area contributed by atoms with Crippen molar-refractivity contribution in [2.24, 2.45) is 0 Å². The molecule has 1 fully saturated rings. The predicted octanol–water partition coefficient (Wildman–Crippen LogP) is 2.99.